The molecular formula is C24H24FN3O. The first-order valence-corrected chi connectivity index (χ1v) is 10.3. The van der Waals surface area contributed by atoms with Crippen molar-refractivity contribution in [2.24, 2.45) is 10.9 Å². The first-order valence-electron chi connectivity index (χ1n) is 10.3. The topological polar surface area (TPSA) is 51.6 Å². The van der Waals surface area contributed by atoms with Gasteiger partial charge in [0.25, 0.3) is 0 Å². The molecule has 1 saturated heterocycles. The number of anilines is 1. The van der Waals surface area contributed by atoms with Gasteiger partial charge in [0.2, 0.25) is 0 Å². The fourth-order valence-electron chi connectivity index (χ4n) is 4.60. The van der Waals surface area contributed by atoms with Crippen LogP contribution in [0.3, 0.4) is 0 Å². The third kappa shape index (κ3) is 3.41. The van der Waals surface area contributed by atoms with Crippen LogP contribution in [0.1, 0.15) is 31.2 Å². The van der Waals surface area contributed by atoms with Crippen molar-refractivity contribution in [2.75, 3.05) is 18.0 Å². The number of benzene rings is 2. The highest BCUT2D eigenvalue weighted by molar-refractivity contribution is 6.02. The number of hydrogen-bond acceptors (Lipinski definition) is 3. The van der Waals surface area contributed by atoms with Crippen molar-refractivity contribution in [1.82, 2.24) is 4.98 Å². The Labute approximate surface area is 169 Å². The maximum atomic E-state index is 14.9. The van der Waals surface area contributed by atoms with E-state index in [1.54, 1.807) is 6.21 Å². The molecule has 29 heavy (non-hydrogen) atoms. The number of allylic oxidation sites excluding steroid dienone is 1. The number of piperidine rings is 1. The molecule has 0 saturated carbocycles. The number of nitrogens with one attached hydrogen (secondary N) is 1. The van der Waals surface area contributed by atoms with Gasteiger partial charge in [0.05, 0.1) is 16.9 Å². The Kier molecular flexibility index (Phi) is 4.58. The summed E-state index contributed by atoms with van der Waals surface area (Å²) < 4.78 is 14.9. The number of aromatic amines is 1. The molecule has 2 heterocycles. The maximum absolute atomic E-state index is 14.9. The van der Waals surface area contributed by atoms with E-state index in [0.717, 1.165) is 36.8 Å². The van der Waals surface area contributed by atoms with E-state index in [2.05, 4.69) is 21.0 Å². The highest BCUT2D eigenvalue weighted by Crippen LogP contribution is 2.35. The third-order valence-electron chi connectivity index (χ3n) is 6.15. The first kappa shape index (κ1) is 18.0. The highest BCUT2D eigenvalue weighted by Gasteiger charge is 2.26. The second kappa shape index (κ2) is 7.39. The minimum Gasteiger partial charge on any atom is -0.494 e. The molecule has 5 heteroatoms. The van der Waals surface area contributed by atoms with E-state index >= 15 is 0 Å². The minimum atomic E-state index is -0.252. The monoisotopic (exact) mass is 389 g/mol. The number of halogens is 1. The van der Waals surface area contributed by atoms with Crippen LogP contribution in [0.4, 0.5) is 15.8 Å². The average molecular weight is 389 g/mol. The van der Waals surface area contributed by atoms with Crippen LogP contribution in [-0.4, -0.2) is 29.4 Å². The van der Waals surface area contributed by atoms with Crippen molar-refractivity contribution in [2.45, 2.75) is 25.7 Å². The molecule has 3 aromatic rings. The van der Waals surface area contributed by atoms with E-state index in [1.807, 2.05) is 36.4 Å². The summed E-state index contributed by atoms with van der Waals surface area (Å²) in [6.45, 7) is 1.72. The second-order valence-electron chi connectivity index (χ2n) is 7.94. The SMILES string of the molecule is Oc1[nH]c2ccccc2c1C=Nc1ccc(N2CCC3CCCC=C3C2)c(F)c1. The molecule has 1 aromatic heterocycles. The number of fused-ring (bicyclic) bond motifs is 2. The van der Waals surface area contributed by atoms with Gasteiger partial charge in [0.15, 0.2) is 5.88 Å². The van der Waals surface area contributed by atoms with Gasteiger partial charge in [-0.2, -0.15) is 0 Å². The van der Waals surface area contributed by atoms with Crippen molar-refractivity contribution >= 4 is 28.5 Å². The van der Waals surface area contributed by atoms with Crippen molar-refractivity contribution in [3.8, 4) is 5.88 Å². The average Bonchev–Trinajstić information content (AvgIpc) is 3.07. The summed E-state index contributed by atoms with van der Waals surface area (Å²) in [6.07, 6.45) is 8.74. The Morgan fingerprint density at radius 1 is 1.17 bits per heavy atom. The van der Waals surface area contributed by atoms with E-state index in [9.17, 15) is 9.50 Å². The Morgan fingerprint density at radius 2 is 2.07 bits per heavy atom. The van der Waals surface area contributed by atoms with E-state index in [4.69, 9.17) is 0 Å². The molecule has 1 aliphatic carbocycles. The predicted molar refractivity (Wildman–Crippen MR) is 116 cm³/mol. The summed E-state index contributed by atoms with van der Waals surface area (Å²) in [7, 11) is 0. The van der Waals surface area contributed by atoms with Crippen molar-refractivity contribution in [3.05, 3.63) is 65.5 Å². The Hall–Kier alpha value is -3.08. The lowest BCUT2D eigenvalue weighted by Crippen LogP contribution is -2.36. The maximum Gasteiger partial charge on any atom is 0.198 e. The van der Waals surface area contributed by atoms with Crippen LogP contribution in [0.25, 0.3) is 10.9 Å². The lowest BCUT2D eigenvalue weighted by molar-refractivity contribution is 0.436. The summed E-state index contributed by atoms with van der Waals surface area (Å²) in [5, 5.41) is 11.0. The minimum absolute atomic E-state index is 0.0654. The van der Waals surface area contributed by atoms with Gasteiger partial charge in [-0.05, 0) is 49.8 Å². The van der Waals surface area contributed by atoms with Gasteiger partial charge < -0.3 is 15.0 Å². The van der Waals surface area contributed by atoms with E-state index in [0.29, 0.717) is 22.9 Å². The van der Waals surface area contributed by atoms with Crippen molar-refractivity contribution in [3.63, 3.8) is 0 Å². The summed E-state index contributed by atoms with van der Waals surface area (Å²) in [5.74, 6) is 0.504. The zero-order valence-electron chi connectivity index (χ0n) is 16.2. The standard InChI is InChI=1S/C24H24FN3O/c25-21-13-18(26-14-20-19-7-3-4-8-22(19)27-24(20)29)9-10-23(21)28-12-11-16-5-1-2-6-17(16)15-28/h3-4,6-10,13-14,16,27,29H,1-2,5,11-12,15H2. The molecule has 0 spiro atoms. The van der Waals surface area contributed by atoms with Crippen LogP contribution in [0.2, 0.25) is 0 Å². The van der Waals surface area contributed by atoms with E-state index in [1.165, 1.54) is 24.5 Å². The fourth-order valence-corrected chi connectivity index (χ4v) is 4.60. The number of rotatable bonds is 3. The Bertz CT molecular complexity index is 1110. The molecule has 0 bridgehead atoms. The molecule has 1 unspecified atom stereocenters. The van der Waals surface area contributed by atoms with Crippen LogP contribution >= 0.6 is 0 Å². The number of para-hydroxylation sites is 1. The van der Waals surface area contributed by atoms with E-state index < -0.39 is 0 Å². The van der Waals surface area contributed by atoms with Crippen molar-refractivity contribution in [1.29, 1.82) is 0 Å². The van der Waals surface area contributed by atoms with E-state index in [-0.39, 0.29) is 11.7 Å². The van der Waals surface area contributed by atoms with Gasteiger partial charge in [0, 0.05) is 36.3 Å². The molecule has 5 rings (SSSR count). The summed E-state index contributed by atoms with van der Waals surface area (Å²) in [6, 6.07) is 12.7. The normalized spacial score (nSPS) is 19.6. The van der Waals surface area contributed by atoms with Gasteiger partial charge in [-0.3, -0.25) is 4.99 Å². The molecule has 0 radical (unpaired) electrons. The largest absolute Gasteiger partial charge is 0.494 e. The second-order valence-corrected chi connectivity index (χ2v) is 7.94. The van der Waals surface area contributed by atoms with Crippen LogP contribution in [0.15, 0.2) is 59.1 Å². The fraction of sp³-hybridized carbons (Fsp3) is 0.292. The lowest BCUT2D eigenvalue weighted by atomic mass is 9.82. The molecule has 0 amide bonds. The van der Waals surface area contributed by atoms with Gasteiger partial charge in [-0.25, -0.2) is 4.39 Å². The van der Waals surface area contributed by atoms with Crippen molar-refractivity contribution < 1.29 is 9.50 Å². The zero-order valence-corrected chi connectivity index (χ0v) is 16.2. The molecule has 1 atom stereocenters. The Balaban J connectivity index is 1.38. The first-order chi connectivity index (χ1) is 14.2. The number of aliphatic imine (C=N–C) groups is 1. The summed E-state index contributed by atoms with van der Waals surface area (Å²) >= 11 is 0. The molecule has 2 aromatic carbocycles. The van der Waals surface area contributed by atoms with Crippen LogP contribution in [-0.2, 0) is 0 Å². The zero-order chi connectivity index (χ0) is 19.8. The smallest absolute Gasteiger partial charge is 0.198 e. The Morgan fingerprint density at radius 3 is 2.97 bits per heavy atom. The molecule has 2 N–H and O–H groups in total. The number of hydrogen-bond donors (Lipinski definition) is 2. The molecule has 1 fully saturated rings. The quantitative estimate of drug-likeness (QED) is 0.446. The summed E-state index contributed by atoms with van der Waals surface area (Å²) in [5.41, 5.74) is 4.09. The predicted octanol–water partition coefficient (Wildman–Crippen LogP) is 5.70. The number of aromatic hydroxyl groups is 1. The highest BCUT2D eigenvalue weighted by atomic mass is 19.1. The van der Waals surface area contributed by atoms with Gasteiger partial charge in [-0.1, -0.05) is 29.8 Å². The van der Waals surface area contributed by atoms with Crippen LogP contribution < -0.4 is 4.90 Å². The molecular weight excluding hydrogens is 365 g/mol. The van der Waals surface area contributed by atoms with Gasteiger partial charge in [-0.15, -0.1) is 0 Å². The van der Waals surface area contributed by atoms with Crippen LogP contribution in [0, 0.1) is 11.7 Å². The van der Waals surface area contributed by atoms with Gasteiger partial charge >= 0.3 is 0 Å². The van der Waals surface area contributed by atoms with Crippen LogP contribution in [0.5, 0.6) is 5.88 Å². The lowest BCUT2D eigenvalue weighted by Gasteiger charge is -2.37. The molecule has 4 nitrogen and oxygen atoms in total. The summed E-state index contributed by atoms with van der Waals surface area (Å²) in [4.78, 5) is 9.47. The molecule has 148 valence electrons. The van der Waals surface area contributed by atoms with Gasteiger partial charge in [0.1, 0.15) is 5.82 Å². The number of nitrogens with zero attached hydrogens (tertiary/aromatic N) is 2. The number of aromatic nitrogens is 1. The number of H-pyrrole nitrogens is 1. The molecule has 2 aliphatic rings. The third-order valence-corrected chi connectivity index (χ3v) is 6.15. The molecule has 1 aliphatic heterocycles.